The Kier molecular flexibility index (Phi) is 5.21. The summed E-state index contributed by atoms with van der Waals surface area (Å²) in [5.41, 5.74) is 1.23. The van der Waals surface area contributed by atoms with Gasteiger partial charge in [0.25, 0.3) is 0 Å². The third kappa shape index (κ3) is 3.69. The van der Waals surface area contributed by atoms with Crippen LogP contribution in [0.15, 0.2) is 24.3 Å². The number of likely N-dealkylation sites (N-methyl/N-ethyl adjacent to an activating group) is 1. The number of nitrogens with zero attached hydrogens (tertiary/aromatic N) is 2. The number of carbonyl (C=O) groups excluding carboxylic acids is 1. The van der Waals surface area contributed by atoms with Gasteiger partial charge in [0.2, 0.25) is 5.91 Å². The number of hydrogen-bond acceptors (Lipinski definition) is 3. The Morgan fingerprint density at radius 1 is 1.17 bits per heavy atom. The largest absolute Gasteiger partial charge is 0.497 e. The summed E-state index contributed by atoms with van der Waals surface area (Å²) in [7, 11) is 3.84. The monoisotopic (exact) mass is 316 g/mol. The predicted octanol–water partition coefficient (Wildman–Crippen LogP) is 3.09. The molecule has 1 aliphatic carbocycles. The molecule has 1 unspecified atom stereocenters. The van der Waals surface area contributed by atoms with E-state index >= 15 is 0 Å². The van der Waals surface area contributed by atoms with Gasteiger partial charge in [-0.15, -0.1) is 0 Å². The lowest BCUT2D eigenvalue weighted by Gasteiger charge is -2.41. The van der Waals surface area contributed by atoms with Gasteiger partial charge in [-0.1, -0.05) is 31.4 Å². The van der Waals surface area contributed by atoms with Crippen molar-refractivity contribution in [2.75, 3.05) is 33.8 Å². The maximum atomic E-state index is 12.8. The van der Waals surface area contributed by atoms with Crippen molar-refractivity contribution in [2.24, 2.45) is 5.92 Å². The smallest absolute Gasteiger partial charge is 0.225 e. The van der Waals surface area contributed by atoms with Crippen LogP contribution in [0.2, 0.25) is 0 Å². The molecule has 1 heterocycles. The number of carbonyl (C=O) groups is 1. The first kappa shape index (κ1) is 16.3. The number of benzene rings is 1. The van der Waals surface area contributed by atoms with Crippen molar-refractivity contribution < 1.29 is 9.53 Å². The summed E-state index contributed by atoms with van der Waals surface area (Å²) in [4.78, 5) is 17.3. The number of methoxy groups -OCH3 is 1. The van der Waals surface area contributed by atoms with E-state index in [0.717, 1.165) is 38.2 Å². The first-order chi connectivity index (χ1) is 11.2. The van der Waals surface area contributed by atoms with E-state index in [0.29, 0.717) is 5.91 Å². The molecule has 0 N–H and O–H groups in total. The van der Waals surface area contributed by atoms with Gasteiger partial charge in [0, 0.05) is 25.6 Å². The van der Waals surface area contributed by atoms with Crippen LogP contribution in [0.5, 0.6) is 5.75 Å². The van der Waals surface area contributed by atoms with Crippen molar-refractivity contribution >= 4 is 5.91 Å². The van der Waals surface area contributed by atoms with Gasteiger partial charge < -0.3 is 9.64 Å². The minimum Gasteiger partial charge on any atom is -0.497 e. The van der Waals surface area contributed by atoms with Crippen LogP contribution in [0.1, 0.15) is 43.7 Å². The Labute approximate surface area is 139 Å². The molecule has 0 spiro atoms. The van der Waals surface area contributed by atoms with Gasteiger partial charge in [-0.3, -0.25) is 9.69 Å². The Bertz CT molecular complexity index is 540. The van der Waals surface area contributed by atoms with Gasteiger partial charge in [0.15, 0.2) is 0 Å². The van der Waals surface area contributed by atoms with Gasteiger partial charge in [-0.05, 0) is 37.6 Å². The van der Waals surface area contributed by atoms with Crippen molar-refractivity contribution in [3.63, 3.8) is 0 Å². The number of ether oxygens (including phenoxy) is 1. The third-order valence-electron chi connectivity index (χ3n) is 5.39. The summed E-state index contributed by atoms with van der Waals surface area (Å²) in [6.45, 7) is 2.58. The van der Waals surface area contributed by atoms with E-state index < -0.39 is 0 Å². The van der Waals surface area contributed by atoms with E-state index in [9.17, 15) is 4.79 Å². The molecule has 1 aromatic carbocycles. The Morgan fingerprint density at radius 3 is 2.70 bits per heavy atom. The second-order valence-electron chi connectivity index (χ2n) is 6.89. The lowest BCUT2D eigenvalue weighted by Crippen LogP contribution is -2.50. The molecule has 1 saturated heterocycles. The van der Waals surface area contributed by atoms with Crippen LogP contribution in [-0.2, 0) is 4.79 Å². The molecule has 0 bridgehead atoms. The molecule has 1 aromatic rings. The summed E-state index contributed by atoms with van der Waals surface area (Å²) in [5, 5.41) is 0. The normalized spacial score (nSPS) is 23.7. The van der Waals surface area contributed by atoms with Crippen molar-refractivity contribution in [2.45, 2.75) is 38.1 Å². The first-order valence-electron chi connectivity index (χ1n) is 8.82. The van der Waals surface area contributed by atoms with Crippen LogP contribution in [0.25, 0.3) is 0 Å². The Balaban J connectivity index is 1.72. The molecule has 23 heavy (non-hydrogen) atoms. The molecule has 3 rings (SSSR count). The van der Waals surface area contributed by atoms with E-state index in [2.05, 4.69) is 29.0 Å². The lowest BCUT2D eigenvalue weighted by molar-refractivity contribution is -0.139. The molecule has 2 fully saturated rings. The number of hydrogen-bond donors (Lipinski definition) is 0. The molecule has 0 aromatic heterocycles. The zero-order valence-electron chi connectivity index (χ0n) is 14.3. The predicted molar refractivity (Wildman–Crippen MR) is 91.5 cm³/mol. The standard InChI is InChI=1S/C19H28N2O2/c1-20-11-12-21(19(22)15-7-4-3-5-8-15)14-18(20)16-9-6-10-17(13-16)23-2/h6,9-10,13,15,18H,3-5,7-8,11-12,14H2,1-2H3. The van der Waals surface area contributed by atoms with Crippen molar-refractivity contribution in [1.29, 1.82) is 0 Å². The van der Waals surface area contributed by atoms with E-state index in [1.807, 2.05) is 12.1 Å². The minimum absolute atomic E-state index is 0.256. The van der Waals surface area contributed by atoms with Crippen LogP contribution < -0.4 is 4.74 Å². The van der Waals surface area contributed by atoms with Crippen LogP contribution in [0, 0.1) is 5.92 Å². The zero-order valence-corrected chi connectivity index (χ0v) is 14.3. The van der Waals surface area contributed by atoms with Crippen LogP contribution >= 0.6 is 0 Å². The van der Waals surface area contributed by atoms with E-state index in [-0.39, 0.29) is 12.0 Å². The van der Waals surface area contributed by atoms with E-state index in [4.69, 9.17) is 4.74 Å². The fourth-order valence-corrected chi connectivity index (χ4v) is 3.89. The molecule has 1 aliphatic heterocycles. The van der Waals surface area contributed by atoms with E-state index in [1.165, 1.54) is 24.8 Å². The molecule has 1 saturated carbocycles. The summed E-state index contributed by atoms with van der Waals surface area (Å²) < 4.78 is 5.35. The van der Waals surface area contributed by atoms with Gasteiger partial charge >= 0.3 is 0 Å². The Morgan fingerprint density at radius 2 is 1.96 bits per heavy atom. The molecular formula is C19H28N2O2. The highest BCUT2D eigenvalue weighted by molar-refractivity contribution is 5.79. The van der Waals surface area contributed by atoms with E-state index in [1.54, 1.807) is 7.11 Å². The minimum atomic E-state index is 0.256. The highest BCUT2D eigenvalue weighted by Gasteiger charge is 2.32. The molecule has 1 amide bonds. The van der Waals surface area contributed by atoms with Gasteiger partial charge in [0.1, 0.15) is 5.75 Å². The molecule has 2 aliphatic rings. The van der Waals surface area contributed by atoms with Crippen molar-refractivity contribution in [3.8, 4) is 5.75 Å². The topological polar surface area (TPSA) is 32.8 Å². The second kappa shape index (κ2) is 7.35. The van der Waals surface area contributed by atoms with Crippen molar-refractivity contribution in [3.05, 3.63) is 29.8 Å². The average Bonchev–Trinajstić information content (AvgIpc) is 2.62. The molecule has 4 heteroatoms. The highest BCUT2D eigenvalue weighted by atomic mass is 16.5. The second-order valence-corrected chi connectivity index (χ2v) is 6.89. The maximum absolute atomic E-state index is 12.8. The first-order valence-corrected chi connectivity index (χ1v) is 8.82. The highest BCUT2D eigenvalue weighted by Crippen LogP contribution is 2.30. The Hall–Kier alpha value is -1.55. The lowest BCUT2D eigenvalue weighted by atomic mass is 9.88. The summed E-state index contributed by atoms with van der Waals surface area (Å²) in [6, 6.07) is 8.49. The third-order valence-corrected chi connectivity index (χ3v) is 5.39. The quantitative estimate of drug-likeness (QED) is 0.859. The SMILES string of the molecule is COc1cccc(C2CN(C(=O)C3CCCCC3)CCN2C)c1. The molecule has 0 radical (unpaired) electrons. The fraction of sp³-hybridized carbons (Fsp3) is 0.632. The van der Waals surface area contributed by atoms with Gasteiger partial charge in [-0.25, -0.2) is 0 Å². The number of rotatable bonds is 3. The van der Waals surface area contributed by atoms with Crippen LogP contribution in [0.3, 0.4) is 0 Å². The maximum Gasteiger partial charge on any atom is 0.225 e. The van der Waals surface area contributed by atoms with Crippen LogP contribution in [0.4, 0.5) is 0 Å². The summed E-state index contributed by atoms with van der Waals surface area (Å²) in [6.07, 6.45) is 5.87. The fourth-order valence-electron chi connectivity index (χ4n) is 3.89. The zero-order chi connectivity index (χ0) is 16.2. The number of piperazine rings is 1. The van der Waals surface area contributed by atoms with Gasteiger partial charge in [-0.2, -0.15) is 0 Å². The van der Waals surface area contributed by atoms with Gasteiger partial charge in [0.05, 0.1) is 13.2 Å². The summed E-state index contributed by atoms with van der Waals surface area (Å²) >= 11 is 0. The molecule has 126 valence electrons. The average molecular weight is 316 g/mol. The summed E-state index contributed by atoms with van der Waals surface area (Å²) in [5.74, 6) is 1.52. The molecular weight excluding hydrogens is 288 g/mol. The van der Waals surface area contributed by atoms with Crippen LogP contribution in [-0.4, -0.2) is 49.5 Å². The molecule has 4 nitrogen and oxygen atoms in total. The van der Waals surface area contributed by atoms with Crippen molar-refractivity contribution in [1.82, 2.24) is 9.80 Å². The number of amides is 1. The molecule has 1 atom stereocenters.